The summed E-state index contributed by atoms with van der Waals surface area (Å²) in [6, 6.07) is 9.08. The number of hydrogen-bond acceptors (Lipinski definition) is 3. The first-order valence-electron chi connectivity index (χ1n) is 7.40. The molecule has 0 unspecified atom stereocenters. The minimum absolute atomic E-state index is 0.184. The molecular formula is C16H23FN2O2. The Hall–Kier alpha value is -1.46. The van der Waals surface area contributed by atoms with Crippen LogP contribution >= 0.6 is 0 Å². The number of aliphatic hydroxyl groups is 1. The van der Waals surface area contributed by atoms with E-state index in [1.807, 2.05) is 42.2 Å². The van der Waals surface area contributed by atoms with Crippen LogP contribution in [0.2, 0.25) is 0 Å². The summed E-state index contributed by atoms with van der Waals surface area (Å²) < 4.78 is 14.4. The first kappa shape index (κ1) is 15.9. The van der Waals surface area contributed by atoms with E-state index >= 15 is 0 Å². The Morgan fingerprint density at radius 2 is 2.00 bits per heavy atom. The average Bonchev–Trinajstić information content (AvgIpc) is 2.69. The molecule has 1 saturated heterocycles. The zero-order chi connectivity index (χ0) is 15.4. The van der Waals surface area contributed by atoms with Gasteiger partial charge >= 0.3 is 0 Å². The quantitative estimate of drug-likeness (QED) is 0.865. The van der Waals surface area contributed by atoms with E-state index in [0.717, 1.165) is 5.56 Å². The minimum atomic E-state index is -1.34. The molecule has 1 fully saturated rings. The van der Waals surface area contributed by atoms with Gasteiger partial charge in [0, 0.05) is 26.1 Å². The molecule has 1 aromatic carbocycles. The van der Waals surface area contributed by atoms with Crippen LogP contribution in [0.3, 0.4) is 0 Å². The fourth-order valence-electron chi connectivity index (χ4n) is 3.05. The number of alkyl halides is 1. The SMILES string of the molecule is CC[C@@H]1[C@@H](O)[C@@H](F)[C@@H](CNC(C)=O)N1Cc1ccccc1. The second kappa shape index (κ2) is 7.00. The minimum Gasteiger partial charge on any atom is -0.388 e. The number of carbonyl (C=O) groups is 1. The van der Waals surface area contributed by atoms with Crippen LogP contribution in [-0.2, 0) is 11.3 Å². The van der Waals surface area contributed by atoms with Crippen LogP contribution in [0, 0.1) is 0 Å². The van der Waals surface area contributed by atoms with E-state index in [1.165, 1.54) is 6.92 Å². The summed E-state index contributed by atoms with van der Waals surface area (Å²) in [7, 11) is 0. The Balaban J connectivity index is 2.16. The highest BCUT2D eigenvalue weighted by Crippen LogP contribution is 2.31. The van der Waals surface area contributed by atoms with E-state index < -0.39 is 18.3 Å². The number of halogens is 1. The summed E-state index contributed by atoms with van der Waals surface area (Å²) in [5.41, 5.74) is 1.07. The lowest BCUT2D eigenvalue weighted by atomic mass is 10.1. The summed E-state index contributed by atoms with van der Waals surface area (Å²) in [6.07, 6.45) is -1.67. The molecule has 1 amide bonds. The highest BCUT2D eigenvalue weighted by atomic mass is 19.1. The molecule has 1 aliphatic rings. The molecule has 116 valence electrons. The molecule has 5 heteroatoms. The van der Waals surface area contributed by atoms with Crippen LogP contribution in [0.25, 0.3) is 0 Å². The van der Waals surface area contributed by atoms with Crippen molar-refractivity contribution in [2.24, 2.45) is 0 Å². The van der Waals surface area contributed by atoms with Crippen LogP contribution < -0.4 is 5.32 Å². The lowest BCUT2D eigenvalue weighted by molar-refractivity contribution is -0.119. The van der Waals surface area contributed by atoms with Crippen molar-refractivity contribution >= 4 is 5.91 Å². The van der Waals surface area contributed by atoms with Crippen LogP contribution in [0.5, 0.6) is 0 Å². The van der Waals surface area contributed by atoms with Crippen LogP contribution in [0.1, 0.15) is 25.8 Å². The Labute approximate surface area is 125 Å². The fraction of sp³-hybridized carbons (Fsp3) is 0.562. The molecule has 1 aliphatic heterocycles. The lowest BCUT2D eigenvalue weighted by Crippen LogP contribution is -2.45. The maximum absolute atomic E-state index is 14.4. The molecule has 1 aromatic rings. The van der Waals surface area contributed by atoms with Crippen molar-refractivity contribution in [3.63, 3.8) is 0 Å². The number of nitrogens with zero attached hydrogens (tertiary/aromatic N) is 1. The fourth-order valence-corrected chi connectivity index (χ4v) is 3.05. The molecule has 0 saturated carbocycles. The van der Waals surface area contributed by atoms with Crippen LogP contribution in [0.4, 0.5) is 4.39 Å². The first-order valence-corrected chi connectivity index (χ1v) is 7.40. The van der Waals surface area contributed by atoms with Crippen molar-refractivity contribution in [1.29, 1.82) is 0 Å². The number of rotatable bonds is 5. The van der Waals surface area contributed by atoms with Crippen molar-refractivity contribution in [2.75, 3.05) is 6.54 Å². The van der Waals surface area contributed by atoms with Crippen molar-refractivity contribution in [2.45, 2.75) is 51.2 Å². The van der Waals surface area contributed by atoms with Crippen molar-refractivity contribution in [3.05, 3.63) is 35.9 Å². The Kier molecular flexibility index (Phi) is 5.31. The summed E-state index contributed by atoms with van der Waals surface area (Å²) in [5, 5.41) is 12.8. The number of benzene rings is 1. The van der Waals surface area contributed by atoms with E-state index in [-0.39, 0.29) is 18.5 Å². The topological polar surface area (TPSA) is 52.6 Å². The highest BCUT2D eigenvalue weighted by Gasteiger charge is 2.47. The summed E-state index contributed by atoms with van der Waals surface area (Å²) in [4.78, 5) is 13.1. The molecular weight excluding hydrogens is 271 g/mol. The number of aliphatic hydroxyl groups excluding tert-OH is 1. The number of likely N-dealkylation sites (tertiary alicyclic amines) is 1. The van der Waals surface area contributed by atoms with Crippen molar-refractivity contribution < 1.29 is 14.3 Å². The number of amides is 1. The maximum Gasteiger partial charge on any atom is 0.216 e. The molecule has 0 aromatic heterocycles. The predicted molar refractivity (Wildman–Crippen MR) is 79.4 cm³/mol. The van der Waals surface area contributed by atoms with Crippen molar-refractivity contribution in [3.8, 4) is 0 Å². The normalized spacial score (nSPS) is 29.5. The maximum atomic E-state index is 14.4. The van der Waals surface area contributed by atoms with E-state index in [4.69, 9.17) is 0 Å². The van der Waals surface area contributed by atoms with E-state index in [0.29, 0.717) is 13.0 Å². The van der Waals surface area contributed by atoms with Gasteiger partial charge in [0.25, 0.3) is 0 Å². The number of carbonyl (C=O) groups excluding carboxylic acids is 1. The summed E-state index contributed by atoms with van der Waals surface area (Å²) >= 11 is 0. The average molecular weight is 294 g/mol. The first-order chi connectivity index (χ1) is 10.0. The van der Waals surface area contributed by atoms with Gasteiger partial charge in [-0.1, -0.05) is 37.3 Å². The predicted octanol–water partition coefficient (Wildman–Crippen LogP) is 1.48. The highest BCUT2D eigenvalue weighted by molar-refractivity contribution is 5.72. The van der Waals surface area contributed by atoms with Gasteiger partial charge in [-0.3, -0.25) is 9.69 Å². The third-order valence-electron chi connectivity index (χ3n) is 4.13. The molecule has 21 heavy (non-hydrogen) atoms. The van der Waals surface area contributed by atoms with Crippen LogP contribution in [-0.4, -0.2) is 46.8 Å². The number of nitrogens with one attached hydrogen (secondary N) is 1. The van der Waals surface area contributed by atoms with Gasteiger partial charge in [0.05, 0.1) is 6.04 Å². The molecule has 0 bridgehead atoms. The Morgan fingerprint density at radius 1 is 1.33 bits per heavy atom. The Bertz CT molecular complexity index is 469. The van der Waals surface area contributed by atoms with Crippen LogP contribution in [0.15, 0.2) is 30.3 Å². The molecule has 2 N–H and O–H groups in total. The second-order valence-corrected chi connectivity index (χ2v) is 5.57. The molecule has 1 heterocycles. The smallest absolute Gasteiger partial charge is 0.216 e. The summed E-state index contributed by atoms with van der Waals surface area (Å²) in [5.74, 6) is -0.184. The molecule has 0 spiro atoms. The van der Waals surface area contributed by atoms with Gasteiger partial charge in [-0.15, -0.1) is 0 Å². The standard InChI is InChI=1S/C16H23FN2O2/c1-3-13-16(21)15(17)14(9-18-11(2)20)19(13)10-12-7-5-4-6-8-12/h4-8,13-16,21H,3,9-10H2,1-2H3,(H,18,20)/t13-,14-,15+,16-/m1/s1. The molecule has 4 nitrogen and oxygen atoms in total. The van der Waals surface area contributed by atoms with E-state index in [9.17, 15) is 14.3 Å². The van der Waals surface area contributed by atoms with E-state index in [1.54, 1.807) is 0 Å². The molecule has 2 rings (SSSR count). The third kappa shape index (κ3) is 3.60. The van der Waals surface area contributed by atoms with Gasteiger partial charge in [0.15, 0.2) is 0 Å². The van der Waals surface area contributed by atoms with Gasteiger partial charge in [-0.2, -0.15) is 0 Å². The molecule has 4 atom stereocenters. The monoisotopic (exact) mass is 294 g/mol. The summed E-state index contributed by atoms with van der Waals surface area (Å²) in [6.45, 7) is 4.15. The largest absolute Gasteiger partial charge is 0.388 e. The number of hydrogen-bond donors (Lipinski definition) is 2. The third-order valence-corrected chi connectivity index (χ3v) is 4.13. The van der Waals surface area contributed by atoms with Gasteiger partial charge in [0.1, 0.15) is 12.3 Å². The molecule has 0 radical (unpaired) electrons. The zero-order valence-corrected chi connectivity index (χ0v) is 12.5. The Morgan fingerprint density at radius 3 is 2.57 bits per heavy atom. The van der Waals surface area contributed by atoms with Gasteiger partial charge in [-0.05, 0) is 12.0 Å². The van der Waals surface area contributed by atoms with Gasteiger partial charge in [-0.25, -0.2) is 4.39 Å². The molecule has 0 aliphatic carbocycles. The van der Waals surface area contributed by atoms with E-state index in [2.05, 4.69) is 5.32 Å². The lowest BCUT2D eigenvalue weighted by Gasteiger charge is -2.29. The van der Waals surface area contributed by atoms with Gasteiger partial charge < -0.3 is 10.4 Å². The second-order valence-electron chi connectivity index (χ2n) is 5.57. The van der Waals surface area contributed by atoms with Gasteiger partial charge in [0.2, 0.25) is 5.91 Å². The van der Waals surface area contributed by atoms with Crippen molar-refractivity contribution in [1.82, 2.24) is 10.2 Å². The zero-order valence-electron chi connectivity index (χ0n) is 12.5.